The monoisotopic (exact) mass is 413 g/mol. The second-order valence-corrected chi connectivity index (χ2v) is 9.08. The molecule has 1 aliphatic rings. The van der Waals surface area contributed by atoms with Crippen molar-refractivity contribution in [3.8, 4) is 0 Å². The van der Waals surface area contributed by atoms with Gasteiger partial charge >= 0.3 is 0 Å². The average Bonchev–Trinajstić information content (AvgIpc) is 3.09. The van der Waals surface area contributed by atoms with Crippen molar-refractivity contribution < 1.29 is 4.79 Å². The molecule has 2 aromatic carbocycles. The Labute approximate surface area is 174 Å². The molecule has 0 unspecified atom stereocenters. The van der Waals surface area contributed by atoms with Gasteiger partial charge in [-0.25, -0.2) is 4.98 Å². The molecule has 1 aliphatic heterocycles. The Morgan fingerprint density at radius 2 is 1.89 bits per heavy atom. The van der Waals surface area contributed by atoms with Crippen molar-refractivity contribution in [1.82, 2.24) is 4.98 Å². The molecule has 146 valence electrons. The Hall–Kier alpha value is -2.11. The van der Waals surface area contributed by atoms with Crippen LogP contribution in [0.3, 0.4) is 0 Å². The van der Waals surface area contributed by atoms with Gasteiger partial charge in [-0.1, -0.05) is 35.1 Å². The van der Waals surface area contributed by atoms with Crippen LogP contribution in [0.4, 0.5) is 10.8 Å². The third-order valence-electron chi connectivity index (χ3n) is 5.41. The molecule has 28 heavy (non-hydrogen) atoms. The molecular formula is C22H24ClN3OS. The first-order valence-corrected chi connectivity index (χ1v) is 10.8. The number of aryl methyl sites for hydroxylation is 3. The summed E-state index contributed by atoms with van der Waals surface area (Å²) in [7, 11) is 0. The molecule has 0 bridgehead atoms. The summed E-state index contributed by atoms with van der Waals surface area (Å²) in [6, 6.07) is 9.97. The number of hydrogen-bond donors (Lipinski definition) is 1. The normalized spacial score (nSPS) is 15.2. The molecule has 1 fully saturated rings. The predicted molar refractivity (Wildman–Crippen MR) is 119 cm³/mol. The maximum absolute atomic E-state index is 12.7. The number of thiazole rings is 1. The summed E-state index contributed by atoms with van der Waals surface area (Å²) in [5, 5.41) is 4.75. The van der Waals surface area contributed by atoms with Gasteiger partial charge in [0, 0.05) is 29.7 Å². The van der Waals surface area contributed by atoms with Gasteiger partial charge in [-0.3, -0.25) is 4.79 Å². The van der Waals surface area contributed by atoms with Gasteiger partial charge in [0.2, 0.25) is 5.91 Å². The van der Waals surface area contributed by atoms with E-state index in [1.54, 1.807) is 11.3 Å². The molecule has 1 amide bonds. The van der Waals surface area contributed by atoms with Crippen LogP contribution in [0.2, 0.25) is 5.02 Å². The highest BCUT2D eigenvalue weighted by Gasteiger charge is 2.27. The number of carbonyl (C=O) groups is 1. The summed E-state index contributed by atoms with van der Waals surface area (Å²) < 4.78 is 1.24. The third-order valence-corrected chi connectivity index (χ3v) is 6.71. The van der Waals surface area contributed by atoms with Crippen LogP contribution in [0.25, 0.3) is 10.2 Å². The van der Waals surface area contributed by atoms with Crippen molar-refractivity contribution in [2.75, 3.05) is 23.3 Å². The van der Waals surface area contributed by atoms with Crippen LogP contribution in [0, 0.1) is 26.7 Å². The third kappa shape index (κ3) is 3.87. The fraction of sp³-hybridized carbons (Fsp3) is 0.364. The Morgan fingerprint density at radius 3 is 2.64 bits per heavy atom. The maximum atomic E-state index is 12.7. The highest BCUT2D eigenvalue weighted by Crippen LogP contribution is 2.34. The fourth-order valence-electron chi connectivity index (χ4n) is 3.79. The van der Waals surface area contributed by atoms with Crippen LogP contribution < -0.4 is 10.2 Å². The Bertz CT molecular complexity index is 1040. The Morgan fingerprint density at radius 1 is 1.14 bits per heavy atom. The van der Waals surface area contributed by atoms with Gasteiger partial charge in [0.05, 0.1) is 10.2 Å². The molecule has 0 saturated carbocycles. The van der Waals surface area contributed by atoms with Crippen molar-refractivity contribution in [3.63, 3.8) is 0 Å². The van der Waals surface area contributed by atoms with Gasteiger partial charge in [0.25, 0.3) is 0 Å². The Kier molecular flexibility index (Phi) is 5.30. The first kappa shape index (κ1) is 19.2. The number of anilines is 2. The molecule has 6 heteroatoms. The number of rotatable bonds is 3. The largest absolute Gasteiger partial charge is 0.348 e. The van der Waals surface area contributed by atoms with E-state index in [-0.39, 0.29) is 11.8 Å². The van der Waals surface area contributed by atoms with E-state index in [9.17, 15) is 4.79 Å². The molecule has 4 nitrogen and oxygen atoms in total. The number of amides is 1. The lowest BCUT2D eigenvalue weighted by molar-refractivity contribution is -0.120. The van der Waals surface area contributed by atoms with E-state index < -0.39 is 0 Å². The minimum Gasteiger partial charge on any atom is -0.348 e. The minimum atomic E-state index is 0.0213. The molecule has 1 N–H and O–H groups in total. The smallest absolute Gasteiger partial charge is 0.227 e. The first-order valence-electron chi connectivity index (χ1n) is 9.60. The zero-order valence-electron chi connectivity index (χ0n) is 16.4. The van der Waals surface area contributed by atoms with E-state index in [2.05, 4.69) is 36.2 Å². The number of aromatic nitrogens is 1. The van der Waals surface area contributed by atoms with E-state index in [1.165, 1.54) is 15.8 Å². The molecule has 0 spiro atoms. The molecule has 3 aromatic rings. The molecule has 0 atom stereocenters. The summed E-state index contributed by atoms with van der Waals surface area (Å²) in [5.74, 6) is 0.105. The van der Waals surface area contributed by atoms with E-state index >= 15 is 0 Å². The summed E-state index contributed by atoms with van der Waals surface area (Å²) >= 11 is 7.81. The number of carbonyl (C=O) groups excluding carboxylic acids is 1. The van der Waals surface area contributed by atoms with Gasteiger partial charge < -0.3 is 10.2 Å². The minimum absolute atomic E-state index is 0.0213. The van der Waals surface area contributed by atoms with Crippen molar-refractivity contribution in [3.05, 3.63) is 52.0 Å². The molecule has 2 heterocycles. The first-order chi connectivity index (χ1) is 13.4. The van der Waals surface area contributed by atoms with Crippen LogP contribution in [-0.4, -0.2) is 24.0 Å². The van der Waals surface area contributed by atoms with Crippen LogP contribution >= 0.6 is 22.9 Å². The van der Waals surface area contributed by atoms with Crippen molar-refractivity contribution >= 4 is 49.9 Å². The van der Waals surface area contributed by atoms with Gasteiger partial charge in [-0.15, -0.1) is 0 Å². The van der Waals surface area contributed by atoms with Crippen LogP contribution in [0.1, 0.15) is 29.5 Å². The summed E-state index contributed by atoms with van der Waals surface area (Å²) in [6.45, 7) is 7.92. The molecule has 1 saturated heterocycles. The summed E-state index contributed by atoms with van der Waals surface area (Å²) in [6.07, 6.45) is 1.67. The van der Waals surface area contributed by atoms with Crippen LogP contribution in [0.5, 0.6) is 0 Å². The topological polar surface area (TPSA) is 45.2 Å². The van der Waals surface area contributed by atoms with E-state index in [4.69, 9.17) is 16.6 Å². The van der Waals surface area contributed by atoms with Crippen LogP contribution in [-0.2, 0) is 4.79 Å². The molecule has 1 aromatic heterocycles. The quantitative estimate of drug-likeness (QED) is 0.596. The fourth-order valence-corrected chi connectivity index (χ4v) is 5.16. The molecule has 0 aliphatic carbocycles. The van der Waals surface area contributed by atoms with Crippen molar-refractivity contribution in [2.45, 2.75) is 33.6 Å². The number of nitrogens with zero attached hydrogens (tertiary/aromatic N) is 2. The highest BCUT2D eigenvalue weighted by molar-refractivity contribution is 7.22. The zero-order chi connectivity index (χ0) is 19.8. The zero-order valence-corrected chi connectivity index (χ0v) is 18.0. The van der Waals surface area contributed by atoms with Crippen molar-refractivity contribution in [1.29, 1.82) is 0 Å². The standard InChI is InChI=1S/C22H24ClN3OS/c1-13-10-15(3)20-19(11-13)28-22(25-20)26-8-6-16(7-9-26)21(27)24-18-12-17(23)5-4-14(18)2/h4-5,10-12,16H,6-9H2,1-3H3,(H,24,27). The van der Waals surface area contributed by atoms with Crippen molar-refractivity contribution in [2.24, 2.45) is 5.92 Å². The average molecular weight is 414 g/mol. The second kappa shape index (κ2) is 7.72. The van der Waals surface area contributed by atoms with Crippen LogP contribution in [0.15, 0.2) is 30.3 Å². The predicted octanol–water partition coefficient (Wildman–Crippen LogP) is 5.73. The highest BCUT2D eigenvalue weighted by atomic mass is 35.5. The number of hydrogen-bond acceptors (Lipinski definition) is 4. The molecule has 4 rings (SSSR count). The lowest BCUT2D eigenvalue weighted by Gasteiger charge is -2.31. The number of nitrogens with one attached hydrogen (secondary N) is 1. The molecular weight excluding hydrogens is 390 g/mol. The van der Waals surface area contributed by atoms with Gasteiger partial charge in [-0.05, 0) is 68.5 Å². The van der Waals surface area contributed by atoms with E-state index in [1.807, 2.05) is 25.1 Å². The number of benzene rings is 2. The Balaban J connectivity index is 1.42. The SMILES string of the molecule is Cc1cc(C)c2nc(N3CCC(C(=O)Nc4cc(Cl)ccc4C)CC3)sc2c1. The number of piperidine rings is 1. The molecule has 0 radical (unpaired) electrons. The van der Waals surface area contributed by atoms with E-state index in [0.29, 0.717) is 5.02 Å². The second-order valence-electron chi connectivity index (χ2n) is 7.63. The van der Waals surface area contributed by atoms with Gasteiger partial charge in [-0.2, -0.15) is 0 Å². The number of halogens is 1. The number of fused-ring (bicyclic) bond motifs is 1. The summed E-state index contributed by atoms with van der Waals surface area (Å²) in [4.78, 5) is 19.9. The maximum Gasteiger partial charge on any atom is 0.227 e. The lowest BCUT2D eigenvalue weighted by atomic mass is 9.96. The van der Waals surface area contributed by atoms with E-state index in [0.717, 1.165) is 47.8 Å². The van der Waals surface area contributed by atoms with Gasteiger partial charge in [0.15, 0.2) is 5.13 Å². The van der Waals surface area contributed by atoms with Gasteiger partial charge in [0.1, 0.15) is 0 Å². The summed E-state index contributed by atoms with van der Waals surface area (Å²) in [5.41, 5.74) is 5.42. The lowest BCUT2D eigenvalue weighted by Crippen LogP contribution is -2.38.